The van der Waals surface area contributed by atoms with E-state index in [1.165, 1.54) is 0 Å². The lowest BCUT2D eigenvalue weighted by Crippen LogP contribution is -2.39. The van der Waals surface area contributed by atoms with Gasteiger partial charge in [-0.25, -0.2) is 9.18 Å². The quantitative estimate of drug-likeness (QED) is 0.795. The summed E-state index contributed by atoms with van der Waals surface area (Å²) in [5.41, 5.74) is 0.846. The van der Waals surface area contributed by atoms with Crippen LogP contribution in [0.4, 0.5) is 9.18 Å². The zero-order valence-corrected chi connectivity index (χ0v) is 8.73. The van der Waals surface area contributed by atoms with Crippen molar-refractivity contribution >= 4 is 6.09 Å². The normalized spacial score (nSPS) is 11.9. The van der Waals surface area contributed by atoms with E-state index in [1.54, 1.807) is 0 Å². The molecule has 1 amide bonds. The van der Waals surface area contributed by atoms with Crippen molar-refractivity contribution < 1.29 is 19.0 Å². The summed E-state index contributed by atoms with van der Waals surface area (Å²) in [6.07, 6.45) is -0.736. The van der Waals surface area contributed by atoms with Gasteiger partial charge in [0.05, 0.1) is 12.6 Å². The Hall–Kier alpha value is -1.62. The van der Waals surface area contributed by atoms with Crippen molar-refractivity contribution in [3.63, 3.8) is 0 Å². The number of benzene rings is 1. The lowest BCUT2D eigenvalue weighted by molar-refractivity contribution is 0.125. The molecule has 0 aliphatic carbocycles. The summed E-state index contributed by atoms with van der Waals surface area (Å²) in [6, 6.07) is 8.23. The van der Waals surface area contributed by atoms with Gasteiger partial charge < -0.3 is 15.2 Å². The molecule has 0 saturated carbocycles. The molecule has 0 aliphatic rings. The van der Waals surface area contributed by atoms with Gasteiger partial charge in [0, 0.05) is 0 Å². The summed E-state index contributed by atoms with van der Waals surface area (Å²) < 4.78 is 17.0. The molecule has 0 unspecified atom stereocenters. The summed E-state index contributed by atoms with van der Waals surface area (Å²) in [6.45, 7) is -1.15. The molecule has 1 rings (SSSR count). The largest absolute Gasteiger partial charge is 0.445 e. The van der Waals surface area contributed by atoms with Gasteiger partial charge in [-0.15, -0.1) is 0 Å². The molecule has 0 aromatic heterocycles. The molecule has 0 spiro atoms. The highest BCUT2D eigenvalue weighted by atomic mass is 19.1. The number of nitrogens with one attached hydrogen (secondary N) is 1. The Kier molecular flexibility index (Phi) is 5.28. The van der Waals surface area contributed by atoms with Crippen LogP contribution in [0, 0.1) is 0 Å². The van der Waals surface area contributed by atoms with Crippen LogP contribution >= 0.6 is 0 Å². The number of ether oxygens (including phenoxy) is 1. The topological polar surface area (TPSA) is 58.6 Å². The third kappa shape index (κ3) is 4.27. The lowest BCUT2D eigenvalue weighted by Gasteiger charge is -2.12. The minimum atomic E-state index is -0.900. The van der Waals surface area contributed by atoms with Crippen molar-refractivity contribution in [3.05, 3.63) is 35.9 Å². The van der Waals surface area contributed by atoms with Gasteiger partial charge in [-0.1, -0.05) is 30.3 Å². The first kappa shape index (κ1) is 12.4. The van der Waals surface area contributed by atoms with Crippen molar-refractivity contribution in [2.45, 2.75) is 12.6 Å². The Balaban J connectivity index is 2.30. The third-order valence-corrected chi connectivity index (χ3v) is 1.94. The van der Waals surface area contributed by atoms with E-state index in [9.17, 15) is 9.18 Å². The van der Waals surface area contributed by atoms with E-state index in [-0.39, 0.29) is 6.61 Å². The summed E-state index contributed by atoms with van der Waals surface area (Å²) >= 11 is 0. The summed E-state index contributed by atoms with van der Waals surface area (Å²) in [4.78, 5) is 11.1. The highest BCUT2D eigenvalue weighted by Crippen LogP contribution is 2.00. The Morgan fingerprint density at radius 1 is 1.44 bits per heavy atom. The zero-order chi connectivity index (χ0) is 11.8. The van der Waals surface area contributed by atoms with E-state index in [0.717, 1.165) is 5.56 Å². The predicted octanol–water partition coefficient (Wildman–Crippen LogP) is 1.24. The van der Waals surface area contributed by atoms with Crippen LogP contribution in [0.3, 0.4) is 0 Å². The molecular weight excluding hydrogens is 213 g/mol. The van der Waals surface area contributed by atoms with E-state index in [0.29, 0.717) is 0 Å². The van der Waals surface area contributed by atoms with Crippen LogP contribution in [0.25, 0.3) is 0 Å². The second kappa shape index (κ2) is 6.79. The Bertz CT molecular complexity index is 314. The van der Waals surface area contributed by atoms with Crippen molar-refractivity contribution in [2.24, 2.45) is 0 Å². The average molecular weight is 227 g/mol. The molecular formula is C11H14FNO3. The highest BCUT2D eigenvalue weighted by Gasteiger charge is 2.11. The summed E-state index contributed by atoms with van der Waals surface area (Å²) in [7, 11) is 0. The molecule has 5 heteroatoms. The molecule has 0 fully saturated rings. The molecule has 0 heterocycles. The fourth-order valence-electron chi connectivity index (χ4n) is 1.06. The van der Waals surface area contributed by atoms with Crippen LogP contribution < -0.4 is 5.32 Å². The third-order valence-electron chi connectivity index (χ3n) is 1.94. The standard InChI is InChI=1S/C11H14FNO3/c12-6-10(7-14)13-11(15)16-8-9-4-2-1-3-5-9/h1-5,10,14H,6-8H2,(H,13,15)/t10-/m0/s1. The van der Waals surface area contributed by atoms with Gasteiger partial charge in [-0.2, -0.15) is 0 Å². The fourth-order valence-corrected chi connectivity index (χ4v) is 1.06. The van der Waals surface area contributed by atoms with Gasteiger partial charge in [-0.05, 0) is 5.56 Å². The molecule has 88 valence electrons. The van der Waals surface area contributed by atoms with Crippen LogP contribution in [0.2, 0.25) is 0 Å². The van der Waals surface area contributed by atoms with Crippen molar-refractivity contribution in [2.75, 3.05) is 13.3 Å². The van der Waals surface area contributed by atoms with Gasteiger partial charge >= 0.3 is 6.09 Å². The molecule has 0 radical (unpaired) electrons. The van der Waals surface area contributed by atoms with E-state index >= 15 is 0 Å². The van der Waals surface area contributed by atoms with E-state index in [1.807, 2.05) is 30.3 Å². The maximum absolute atomic E-state index is 12.2. The van der Waals surface area contributed by atoms with E-state index < -0.39 is 25.4 Å². The maximum atomic E-state index is 12.2. The van der Waals surface area contributed by atoms with Crippen LogP contribution in [-0.4, -0.2) is 30.5 Å². The number of aliphatic hydroxyl groups is 1. The number of carbonyl (C=O) groups excluding carboxylic acids is 1. The monoisotopic (exact) mass is 227 g/mol. The Morgan fingerprint density at radius 3 is 2.69 bits per heavy atom. The first-order valence-electron chi connectivity index (χ1n) is 4.90. The number of carbonyl (C=O) groups is 1. The molecule has 1 aromatic rings. The van der Waals surface area contributed by atoms with Crippen LogP contribution in [0.5, 0.6) is 0 Å². The Labute approximate surface area is 93.0 Å². The number of amides is 1. The van der Waals surface area contributed by atoms with Crippen LogP contribution in [-0.2, 0) is 11.3 Å². The fraction of sp³-hybridized carbons (Fsp3) is 0.364. The van der Waals surface area contributed by atoms with Gasteiger partial charge in [0.25, 0.3) is 0 Å². The second-order valence-electron chi connectivity index (χ2n) is 3.24. The minimum Gasteiger partial charge on any atom is -0.445 e. The molecule has 1 aromatic carbocycles. The average Bonchev–Trinajstić information content (AvgIpc) is 2.34. The first-order chi connectivity index (χ1) is 7.76. The summed E-state index contributed by atoms with van der Waals surface area (Å²) in [5.74, 6) is 0. The zero-order valence-electron chi connectivity index (χ0n) is 8.73. The number of halogens is 1. The first-order valence-corrected chi connectivity index (χ1v) is 4.90. The molecule has 0 aliphatic heterocycles. The maximum Gasteiger partial charge on any atom is 0.407 e. The van der Waals surface area contributed by atoms with Crippen LogP contribution in [0.15, 0.2) is 30.3 Å². The number of hydrogen-bond donors (Lipinski definition) is 2. The molecule has 16 heavy (non-hydrogen) atoms. The number of rotatable bonds is 5. The van der Waals surface area contributed by atoms with Crippen molar-refractivity contribution in [1.29, 1.82) is 0 Å². The molecule has 0 bridgehead atoms. The Morgan fingerprint density at radius 2 is 2.12 bits per heavy atom. The van der Waals surface area contributed by atoms with E-state index in [4.69, 9.17) is 9.84 Å². The van der Waals surface area contributed by atoms with Crippen LogP contribution in [0.1, 0.15) is 5.56 Å². The molecule has 4 nitrogen and oxygen atoms in total. The smallest absolute Gasteiger partial charge is 0.407 e. The lowest BCUT2D eigenvalue weighted by atomic mass is 10.2. The molecule has 0 saturated heterocycles. The van der Waals surface area contributed by atoms with Gasteiger partial charge in [0.2, 0.25) is 0 Å². The SMILES string of the molecule is O=C(N[C@H](CO)CF)OCc1ccccc1. The number of hydrogen-bond acceptors (Lipinski definition) is 3. The number of aliphatic hydroxyl groups excluding tert-OH is 1. The summed E-state index contributed by atoms with van der Waals surface area (Å²) in [5, 5.41) is 10.9. The predicted molar refractivity (Wildman–Crippen MR) is 56.6 cm³/mol. The molecule has 1 atom stereocenters. The van der Waals surface area contributed by atoms with Gasteiger partial charge in [-0.3, -0.25) is 0 Å². The second-order valence-corrected chi connectivity index (χ2v) is 3.24. The minimum absolute atomic E-state index is 0.122. The van der Waals surface area contributed by atoms with Gasteiger partial charge in [0.1, 0.15) is 13.3 Å². The van der Waals surface area contributed by atoms with Crippen molar-refractivity contribution in [1.82, 2.24) is 5.32 Å². The van der Waals surface area contributed by atoms with Crippen molar-refractivity contribution in [3.8, 4) is 0 Å². The number of alkyl halides is 1. The van der Waals surface area contributed by atoms with Gasteiger partial charge in [0.15, 0.2) is 0 Å². The van der Waals surface area contributed by atoms with E-state index in [2.05, 4.69) is 5.32 Å². The molecule has 2 N–H and O–H groups in total. The number of alkyl carbamates (subject to hydrolysis) is 1. The highest BCUT2D eigenvalue weighted by molar-refractivity contribution is 5.67.